The van der Waals surface area contributed by atoms with Gasteiger partial charge in [-0.3, -0.25) is 0 Å². The van der Waals surface area contributed by atoms with Gasteiger partial charge < -0.3 is 16.0 Å². The molecular formula is C20H16BrFN2O2. The number of phenolic OH excluding ortho intramolecular Hbond substituents is 1. The second kappa shape index (κ2) is 7.17. The molecule has 0 radical (unpaired) electrons. The van der Waals surface area contributed by atoms with Gasteiger partial charge in [0.25, 0.3) is 0 Å². The lowest BCUT2D eigenvalue weighted by Crippen LogP contribution is -2.15. The first-order valence-electron chi connectivity index (χ1n) is 7.78. The number of oxime groups is 1. The van der Waals surface area contributed by atoms with Crippen molar-refractivity contribution in [3.05, 3.63) is 76.0 Å². The van der Waals surface area contributed by atoms with Gasteiger partial charge in [0.2, 0.25) is 0 Å². The fourth-order valence-electron chi connectivity index (χ4n) is 2.90. The zero-order chi connectivity index (χ0) is 18.8. The largest absolute Gasteiger partial charge is 0.508 e. The number of halogens is 2. The first kappa shape index (κ1) is 17.9. The minimum absolute atomic E-state index is 0.0691. The molecule has 0 saturated carbocycles. The molecule has 6 heteroatoms. The third-order valence-electron chi connectivity index (χ3n) is 4.20. The van der Waals surface area contributed by atoms with Gasteiger partial charge in [0.1, 0.15) is 11.6 Å². The van der Waals surface area contributed by atoms with E-state index in [0.29, 0.717) is 21.2 Å². The van der Waals surface area contributed by atoms with E-state index in [1.165, 1.54) is 12.1 Å². The Morgan fingerprint density at radius 2 is 1.77 bits per heavy atom. The van der Waals surface area contributed by atoms with Crippen LogP contribution in [-0.2, 0) is 0 Å². The van der Waals surface area contributed by atoms with Gasteiger partial charge in [-0.1, -0.05) is 51.4 Å². The van der Waals surface area contributed by atoms with E-state index in [0.717, 1.165) is 16.7 Å². The van der Waals surface area contributed by atoms with Gasteiger partial charge in [-0.15, -0.1) is 0 Å². The van der Waals surface area contributed by atoms with E-state index in [1.54, 1.807) is 36.4 Å². The molecule has 0 unspecified atom stereocenters. The minimum atomic E-state index is -0.400. The number of benzene rings is 3. The zero-order valence-electron chi connectivity index (χ0n) is 13.9. The summed E-state index contributed by atoms with van der Waals surface area (Å²) in [5, 5.41) is 21.9. The Bertz CT molecular complexity index is 1000. The lowest BCUT2D eigenvalue weighted by atomic mass is 9.88. The van der Waals surface area contributed by atoms with Gasteiger partial charge in [-0.2, -0.15) is 0 Å². The SMILES string of the molecule is Cc1c(Br)cc(F)cc1-c1c(C(N)=NO)cccc1-c1ccc(O)cc1. The number of amidine groups is 1. The molecule has 0 heterocycles. The summed E-state index contributed by atoms with van der Waals surface area (Å²) in [6, 6.07) is 14.8. The van der Waals surface area contributed by atoms with Crippen LogP contribution < -0.4 is 5.73 Å². The van der Waals surface area contributed by atoms with E-state index in [-0.39, 0.29) is 11.6 Å². The number of phenols is 1. The molecule has 4 N–H and O–H groups in total. The molecule has 0 atom stereocenters. The molecule has 3 aromatic rings. The van der Waals surface area contributed by atoms with Crippen molar-refractivity contribution in [1.82, 2.24) is 0 Å². The van der Waals surface area contributed by atoms with Crippen LogP contribution in [0.4, 0.5) is 4.39 Å². The van der Waals surface area contributed by atoms with Crippen molar-refractivity contribution in [3.63, 3.8) is 0 Å². The van der Waals surface area contributed by atoms with E-state index in [2.05, 4.69) is 21.1 Å². The van der Waals surface area contributed by atoms with Crippen LogP contribution in [0.25, 0.3) is 22.3 Å². The van der Waals surface area contributed by atoms with E-state index in [4.69, 9.17) is 5.73 Å². The molecule has 3 aromatic carbocycles. The second-order valence-electron chi connectivity index (χ2n) is 5.82. The molecule has 132 valence electrons. The van der Waals surface area contributed by atoms with Crippen molar-refractivity contribution in [2.24, 2.45) is 10.9 Å². The van der Waals surface area contributed by atoms with Crippen molar-refractivity contribution < 1.29 is 14.7 Å². The zero-order valence-corrected chi connectivity index (χ0v) is 15.5. The molecule has 0 saturated heterocycles. The predicted molar refractivity (Wildman–Crippen MR) is 104 cm³/mol. The summed E-state index contributed by atoms with van der Waals surface area (Å²) in [4.78, 5) is 0. The van der Waals surface area contributed by atoms with Gasteiger partial charge in [0, 0.05) is 15.6 Å². The highest BCUT2D eigenvalue weighted by Crippen LogP contribution is 2.39. The topological polar surface area (TPSA) is 78.8 Å². The Balaban J connectivity index is 2.40. The maximum Gasteiger partial charge on any atom is 0.170 e. The maximum absolute atomic E-state index is 14.1. The van der Waals surface area contributed by atoms with Crippen molar-refractivity contribution in [3.8, 4) is 28.0 Å². The number of hydrogen-bond donors (Lipinski definition) is 3. The highest BCUT2D eigenvalue weighted by Gasteiger charge is 2.18. The van der Waals surface area contributed by atoms with E-state index in [9.17, 15) is 14.7 Å². The molecule has 26 heavy (non-hydrogen) atoms. The van der Waals surface area contributed by atoms with Crippen molar-refractivity contribution in [2.75, 3.05) is 0 Å². The summed E-state index contributed by atoms with van der Waals surface area (Å²) >= 11 is 3.38. The average molecular weight is 415 g/mol. The molecule has 0 aliphatic rings. The number of aromatic hydroxyl groups is 1. The molecule has 0 spiro atoms. The molecule has 0 fully saturated rings. The number of rotatable bonds is 3. The van der Waals surface area contributed by atoms with Gasteiger partial charge in [0.05, 0.1) is 0 Å². The van der Waals surface area contributed by atoms with Crippen LogP contribution in [0.15, 0.2) is 64.2 Å². The van der Waals surface area contributed by atoms with Crippen LogP contribution in [0, 0.1) is 12.7 Å². The van der Waals surface area contributed by atoms with Crippen LogP contribution in [0.5, 0.6) is 5.75 Å². The Hall–Kier alpha value is -2.86. The van der Waals surface area contributed by atoms with Gasteiger partial charge in [-0.05, 0) is 53.4 Å². The highest BCUT2D eigenvalue weighted by atomic mass is 79.9. The maximum atomic E-state index is 14.1. The van der Waals surface area contributed by atoms with Crippen molar-refractivity contribution in [2.45, 2.75) is 6.92 Å². The first-order valence-corrected chi connectivity index (χ1v) is 8.58. The number of nitrogens with two attached hydrogens (primary N) is 1. The van der Waals surface area contributed by atoms with Crippen LogP contribution in [0.3, 0.4) is 0 Å². The van der Waals surface area contributed by atoms with Gasteiger partial charge in [-0.25, -0.2) is 4.39 Å². The Morgan fingerprint density at radius 1 is 1.08 bits per heavy atom. The second-order valence-corrected chi connectivity index (χ2v) is 6.67. The number of hydrogen-bond acceptors (Lipinski definition) is 3. The van der Waals surface area contributed by atoms with Crippen LogP contribution in [0.2, 0.25) is 0 Å². The van der Waals surface area contributed by atoms with Gasteiger partial charge >= 0.3 is 0 Å². The van der Waals surface area contributed by atoms with E-state index < -0.39 is 5.82 Å². The van der Waals surface area contributed by atoms with Gasteiger partial charge in [0.15, 0.2) is 5.84 Å². The lowest BCUT2D eigenvalue weighted by molar-refractivity contribution is 0.318. The monoisotopic (exact) mass is 414 g/mol. The molecule has 0 aliphatic carbocycles. The Morgan fingerprint density at radius 3 is 2.42 bits per heavy atom. The summed E-state index contributed by atoms with van der Waals surface area (Å²) in [5.41, 5.74) is 10.0. The molecule has 0 amide bonds. The standard InChI is InChI=1S/C20H16BrFN2O2/c1-11-17(9-13(22)10-18(11)21)19-15(12-5-7-14(25)8-6-12)3-2-4-16(19)20(23)24-26/h2-10,25-26H,1H3,(H2,23,24). The molecule has 4 nitrogen and oxygen atoms in total. The third kappa shape index (κ3) is 3.28. The fourth-order valence-corrected chi connectivity index (χ4v) is 3.33. The van der Waals surface area contributed by atoms with Crippen LogP contribution >= 0.6 is 15.9 Å². The summed E-state index contributed by atoms with van der Waals surface area (Å²) in [5.74, 6) is -0.323. The number of nitrogens with zero attached hydrogens (tertiary/aromatic N) is 1. The summed E-state index contributed by atoms with van der Waals surface area (Å²) in [7, 11) is 0. The third-order valence-corrected chi connectivity index (χ3v) is 5.03. The minimum Gasteiger partial charge on any atom is -0.508 e. The summed E-state index contributed by atoms with van der Waals surface area (Å²) in [6.45, 7) is 1.86. The molecule has 0 bridgehead atoms. The molecule has 0 aromatic heterocycles. The lowest BCUT2D eigenvalue weighted by Gasteiger charge is -2.18. The average Bonchev–Trinajstić information content (AvgIpc) is 2.64. The van der Waals surface area contributed by atoms with Crippen LogP contribution in [-0.4, -0.2) is 16.1 Å². The molecule has 3 rings (SSSR count). The molecule has 0 aliphatic heterocycles. The summed E-state index contributed by atoms with van der Waals surface area (Å²) < 4.78 is 14.7. The van der Waals surface area contributed by atoms with Crippen molar-refractivity contribution in [1.29, 1.82) is 0 Å². The predicted octanol–water partition coefficient (Wildman–Crippen LogP) is 5.03. The normalized spacial score (nSPS) is 11.6. The highest BCUT2D eigenvalue weighted by molar-refractivity contribution is 9.10. The quantitative estimate of drug-likeness (QED) is 0.243. The fraction of sp³-hybridized carbons (Fsp3) is 0.0500. The van der Waals surface area contributed by atoms with E-state index >= 15 is 0 Å². The van der Waals surface area contributed by atoms with Crippen LogP contribution in [0.1, 0.15) is 11.1 Å². The summed E-state index contributed by atoms with van der Waals surface area (Å²) in [6.07, 6.45) is 0. The van der Waals surface area contributed by atoms with E-state index in [1.807, 2.05) is 13.0 Å². The first-order chi connectivity index (χ1) is 12.4. The smallest absolute Gasteiger partial charge is 0.170 e. The molecular weight excluding hydrogens is 399 g/mol. The Kier molecular flexibility index (Phi) is 4.95. The Labute approximate surface area is 158 Å². The van der Waals surface area contributed by atoms with Crippen molar-refractivity contribution >= 4 is 21.8 Å².